The van der Waals surface area contributed by atoms with Crippen molar-refractivity contribution in [2.24, 2.45) is 0 Å². The van der Waals surface area contributed by atoms with Crippen molar-refractivity contribution in [2.45, 2.75) is 100 Å². The topological polar surface area (TPSA) is 63.7 Å². The molecular weight excluding hydrogens is 498 g/mol. The number of rotatable bonds is 0. The lowest BCUT2D eigenvalue weighted by atomic mass is 9.88. The zero-order valence-corrected chi connectivity index (χ0v) is 25.8. The fraction of sp³-hybridized carbons (Fsp3) is 0.486. The van der Waals surface area contributed by atoms with Crippen molar-refractivity contribution in [2.75, 3.05) is 18.0 Å². The Morgan fingerprint density at radius 1 is 0.675 bits per heavy atom. The van der Waals surface area contributed by atoms with Gasteiger partial charge in [0.25, 0.3) is 0 Å². The average Bonchev–Trinajstić information content (AvgIpc) is 3.49. The van der Waals surface area contributed by atoms with Crippen molar-refractivity contribution in [1.29, 1.82) is 0 Å². The molecule has 0 bridgehead atoms. The first-order valence-electron chi connectivity index (χ1n) is 15.4. The molecule has 0 amide bonds. The van der Waals surface area contributed by atoms with Crippen LogP contribution in [0, 0.1) is 13.8 Å². The van der Waals surface area contributed by atoms with Crippen molar-refractivity contribution in [3.8, 4) is 0 Å². The molecular formula is C35H47NO4. The molecule has 0 spiro atoms. The third kappa shape index (κ3) is 6.19. The van der Waals surface area contributed by atoms with E-state index in [-0.39, 0.29) is 11.3 Å². The highest BCUT2D eigenvalue weighted by Gasteiger charge is 2.29. The van der Waals surface area contributed by atoms with E-state index in [2.05, 4.69) is 11.0 Å². The lowest BCUT2D eigenvalue weighted by Gasteiger charge is -2.37. The molecule has 0 radical (unpaired) electrons. The predicted molar refractivity (Wildman–Crippen MR) is 169 cm³/mol. The number of nitrogens with zero attached hydrogens (tertiary/aromatic N) is 1. The van der Waals surface area contributed by atoms with Crippen LogP contribution in [0.3, 0.4) is 0 Å². The summed E-state index contributed by atoms with van der Waals surface area (Å²) < 4.78 is 10.9. The Kier molecular flexibility index (Phi) is 11.2. The van der Waals surface area contributed by atoms with E-state index in [0.29, 0.717) is 5.58 Å². The summed E-state index contributed by atoms with van der Waals surface area (Å²) in [5.41, 5.74) is 9.66. The largest absolute Gasteiger partial charge is 0.423 e. The standard InChI is InChI=1S/C18H19NO2.C11H10O2.3C2H6/c20-18-13-6-1-5-12(13)15-10-11-4-2-8-19-9-3-7-14(16(11)19)17(15)21-18;1-7-3-4-9-8(2)6-11(12)13-10(9)5-7;3*1-2/h10H,1-9H2;3-6H,1-2H3;3*1-2H3. The highest BCUT2D eigenvalue weighted by atomic mass is 16.4. The summed E-state index contributed by atoms with van der Waals surface area (Å²) in [4.78, 5) is 25.8. The molecule has 3 aliphatic rings. The van der Waals surface area contributed by atoms with Gasteiger partial charge in [-0.15, -0.1) is 0 Å². The monoisotopic (exact) mass is 545 g/mol. The molecule has 4 aromatic rings. The molecule has 40 heavy (non-hydrogen) atoms. The van der Waals surface area contributed by atoms with E-state index in [9.17, 15) is 9.59 Å². The van der Waals surface area contributed by atoms with Gasteiger partial charge in [0.2, 0.25) is 0 Å². The summed E-state index contributed by atoms with van der Waals surface area (Å²) in [5.74, 6) is 0. The highest BCUT2D eigenvalue weighted by molar-refractivity contribution is 5.91. The number of anilines is 1. The van der Waals surface area contributed by atoms with E-state index < -0.39 is 0 Å². The molecule has 0 saturated carbocycles. The van der Waals surface area contributed by atoms with Crippen LogP contribution in [0.2, 0.25) is 0 Å². The van der Waals surface area contributed by atoms with Gasteiger partial charge in [-0.1, -0.05) is 53.7 Å². The summed E-state index contributed by atoms with van der Waals surface area (Å²) in [5, 5.41) is 2.24. The molecule has 2 aromatic heterocycles. The summed E-state index contributed by atoms with van der Waals surface area (Å²) >= 11 is 0. The smallest absolute Gasteiger partial charge is 0.339 e. The first-order valence-corrected chi connectivity index (χ1v) is 15.4. The van der Waals surface area contributed by atoms with Crippen molar-refractivity contribution >= 4 is 27.6 Å². The molecule has 0 saturated heterocycles. The first-order chi connectivity index (χ1) is 19.5. The quantitative estimate of drug-likeness (QED) is 0.207. The third-order valence-electron chi connectivity index (χ3n) is 7.56. The van der Waals surface area contributed by atoms with Crippen LogP contribution in [0.15, 0.2) is 48.8 Å². The van der Waals surface area contributed by atoms with Gasteiger partial charge in [0.1, 0.15) is 11.2 Å². The van der Waals surface area contributed by atoms with E-state index in [0.717, 1.165) is 66.4 Å². The van der Waals surface area contributed by atoms with Crippen LogP contribution >= 0.6 is 0 Å². The molecule has 0 N–H and O–H groups in total. The Labute approximate surface area is 239 Å². The first kappa shape index (κ1) is 31.2. The van der Waals surface area contributed by atoms with Gasteiger partial charge >= 0.3 is 11.3 Å². The molecule has 1 aliphatic carbocycles. The Morgan fingerprint density at radius 3 is 2.05 bits per heavy atom. The van der Waals surface area contributed by atoms with Crippen molar-refractivity contribution in [1.82, 2.24) is 0 Å². The molecule has 0 unspecified atom stereocenters. The van der Waals surface area contributed by atoms with Gasteiger partial charge in [0.05, 0.1) is 0 Å². The maximum absolute atomic E-state index is 12.3. The maximum atomic E-state index is 12.3. The normalized spacial score (nSPS) is 14.2. The fourth-order valence-electron chi connectivity index (χ4n) is 6.02. The van der Waals surface area contributed by atoms with Crippen LogP contribution in [-0.2, 0) is 25.7 Å². The van der Waals surface area contributed by atoms with Crippen LogP contribution in [0.4, 0.5) is 5.69 Å². The average molecular weight is 546 g/mol. The Bertz CT molecular complexity index is 1560. The van der Waals surface area contributed by atoms with Crippen LogP contribution < -0.4 is 16.2 Å². The highest BCUT2D eigenvalue weighted by Crippen LogP contribution is 2.41. The molecule has 5 heteroatoms. The SMILES string of the molecule is CC.CC.CC.Cc1ccc2c(C)cc(=O)oc2c1.O=c1oc2c3c4c(cc2c2c1CCC2)CCCN4CCC3. The minimum atomic E-state index is -0.282. The van der Waals surface area contributed by atoms with Gasteiger partial charge in [-0.05, 0) is 93.2 Å². The fourth-order valence-corrected chi connectivity index (χ4v) is 6.02. The molecule has 7 rings (SSSR count). The van der Waals surface area contributed by atoms with Gasteiger partial charge in [-0.2, -0.15) is 0 Å². The second-order valence-electron chi connectivity index (χ2n) is 9.88. The zero-order chi connectivity index (χ0) is 29.4. The van der Waals surface area contributed by atoms with Gasteiger partial charge < -0.3 is 13.7 Å². The lowest BCUT2D eigenvalue weighted by Crippen LogP contribution is -2.34. The van der Waals surface area contributed by atoms with E-state index in [1.165, 1.54) is 53.1 Å². The Hall–Kier alpha value is -3.34. The van der Waals surface area contributed by atoms with Crippen LogP contribution in [0.25, 0.3) is 21.9 Å². The minimum absolute atomic E-state index is 0.0841. The second-order valence-corrected chi connectivity index (χ2v) is 9.88. The third-order valence-corrected chi connectivity index (χ3v) is 7.56. The molecule has 0 fully saturated rings. The summed E-state index contributed by atoms with van der Waals surface area (Å²) in [6.07, 6.45) is 7.67. The predicted octanol–water partition coefficient (Wildman–Crippen LogP) is 8.47. The maximum Gasteiger partial charge on any atom is 0.339 e. The van der Waals surface area contributed by atoms with E-state index >= 15 is 0 Å². The molecule has 0 atom stereocenters. The zero-order valence-electron chi connectivity index (χ0n) is 25.8. The van der Waals surface area contributed by atoms with Crippen LogP contribution in [0.5, 0.6) is 0 Å². The van der Waals surface area contributed by atoms with E-state index in [4.69, 9.17) is 8.83 Å². The number of aryl methyl sites for hydroxylation is 5. The molecule has 2 aliphatic heterocycles. The van der Waals surface area contributed by atoms with Crippen molar-refractivity contribution in [3.63, 3.8) is 0 Å². The number of hydrogen-bond acceptors (Lipinski definition) is 5. The summed E-state index contributed by atoms with van der Waals surface area (Å²) in [6.45, 7) is 18.2. The molecule has 5 nitrogen and oxygen atoms in total. The minimum Gasteiger partial charge on any atom is -0.423 e. The number of hydrogen-bond donors (Lipinski definition) is 0. The van der Waals surface area contributed by atoms with Crippen molar-refractivity contribution in [3.05, 3.63) is 84.6 Å². The van der Waals surface area contributed by atoms with Gasteiger partial charge in [0, 0.05) is 46.7 Å². The molecule has 4 heterocycles. The summed E-state index contributed by atoms with van der Waals surface area (Å²) in [6, 6.07) is 9.71. The molecule has 216 valence electrons. The Balaban J connectivity index is 0.000000201. The van der Waals surface area contributed by atoms with Crippen LogP contribution in [0.1, 0.15) is 94.2 Å². The van der Waals surface area contributed by atoms with Gasteiger partial charge in [0.15, 0.2) is 0 Å². The number of fused-ring (bicyclic) bond motifs is 5. The lowest BCUT2D eigenvalue weighted by molar-refractivity contribution is 0.542. The summed E-state index contributed by atoms with van der Waals surface area (Å²) in [7, 11) is 0. The van der Waals surface area contributed by atoms with Gasteiger partial charge in [-0.3, -0.25) is 0 Å². The Morgan fingerprint density at radius 2 is 1.32 bits per heavy atom. The van der Waals surface area contributed by atoms with E-state index in [1.54, 1.807) is 0 Å². The number of benzene rings is 2. The van der Waals surface area contributed by atoms with Crippen molar-refractivity contribution < 1.29 is 8.83 Å². The van der Waals surface area contributed by atoms with E-state index in [1.807, 2.05) is 73.6 Å². The second kappa shape index (κ2) is 14.3. The van der Waals surface area contributed by atoms with Crippen LogP contribution in [-0.4, -0.2) is 13.1 Å². The van der Waals surface area contributed by atoms with Gasteiger partial charge in [-0.25, -0.2) is 9.59 Å². The molecule has 2 aromatic carbocycles.